The molecule has 0 bridgehead atoms. The van der Waals surface area contributed by atoms with Gasteiger partial charge in [0, 0.05) is 13.3 Å². The van der Waals surface area contributed by atoms with Crippen molar-refractivity contribution in [3.05, 3.63) is 12.7 Å². The molecule has 1 atom stereocenters. The van der Waals surface area contributed by atoms with E-state index in [9.17, 15) is 18.0 Å². The molecule has 70 valence electrons. The van der Waals surface area contributed by atoms with E-state index in [0.717, 1.165) is 13.0 Å². The molecule has 0 aliphatic carbocycles. The molecule has 0 aromatic rings. The fourth-order valence-electron chi connectivity index (χ4n) is 0.600. The Balaban J connectivity index is 4.22. The van der Waals surface area contributed by atoms with Gasteiger partial charge in [-0.25, -0.2) is 0 Å². The van der Waals surface area contributed by atoms with Crippen LogP contribution in [0.15, 0.2) is 12.7 Å². The molecular formula is C7H9F3O2. The Bertz CT molecular complexity index is 174. The van der Waals surface area contributed by atoms with Crippen molar-refractivity contribution in [3.63, 3.8) is 0 Å². The van der Waals surface area contributed by atoms with E-state index in [0.29, 0.717) is 0 Å². The van der Waals surface area contributed by atoms with Crippen LogP contribution in [0.25, 0.3) is 0 Å². The minimum atomic E-state index is -4.51. The predicted molar refractivity (Wildman–Crippen MR) is 36.4 cm³/mol. The van der Waals surface area contributed by atoms with Gasteiger partial charge in [0.25, 0.3) is 0 Å². The van der Waals surface area contributed by atoms with Crippen LogP contribution in [-0.4, -0.2) is 18.2 Å². The van der Waals surface area contributed by atoms with Crippen LogP contribution >= 0.6 is 0 Å². The first-order chi connectivity index (χ1) is 5.38. The van der Waals surface area contributed by atoms with Gasteiger partial charge in [-0.15, -0.1) is 6.58 Å². The van der Waals surface area contributed by atoms with E-state index in [1.54, 1.807) is 0 Å². The summed E-state index contributed by atoms with van der Waals surface area (Å²) in [7, 11) is 0. The van der Waals surface area contributed by atoms with Gasteiger partial charge in [-0.3, -0.25) is 4.79 Å². The molecule has 0 amide bonds. The first-order valence-electron chi connectivity index (χ1n) is 3.22. The van der Waals surface area contributed by atoms with Gasteiger partial charge >= 0.3 is 12.1 Å². The summed E-state index contributed by atoms with van der Waals surface area (Å²) < 4.78 is 39.8. The van der Waals surface area contributed by atoms with Crippen molar-refractivity contribution in [3.8, 4) is 0 Å². The third kappa shape index (κ3) is 4.00. The molecule has 0 saturated heterocycles. The van der Waals surface area contributed by atoms with E-state index < -0.39 is 24.7 Å². The first kappa shape index (κ1) is 11.0. The highest BCUT2D eigenvalue weighted by atomic mass is 19.4. The van der Waals surface area contributed by atoms with E-state index in [2.05, 4.69) is 11.3 Å². The maximum atomic E-state index is 11.9. The Kier molecular flexibility index (Phi) is 3.79. The number of hydrogen-bond donors (Lipinski definition) is 0. The van der Waals surface area contributed by atoms with Crippen LogP contribution in [0, 0.1) is 0 Å². The van der Waals surface area contributed by atoms with Gasteiger partial charge < -0.3 is 4.74 Å². The average molecular weight is 182 g/mol. The summed E-state index contributed by atoms with van der Waals surface area (Å²) in [6.45, 7) is 4.06. The summed E-state index contributed by atoms with van der Waals surface area (Å²) in [5.41, 5.74) is 0. The predicted octanol–water partition coefficient (Wildman–Crippen LogP) is 2.06. The molecular weight excluding hydrogens is 173 g/mol. The lowest BCUT2D eigenvalue weighted by molar-refractivity contribution is -0.218. The molecule has 0 rings (SSSR count). The van der Waals surface area contributed by atoms with Gasteiger partial charge in [0.2, 0.25) is 6.10 Å². The molecule has 0 N–H and O–H groups in total. The second-order valence-corrected chi connectivity index (χ2v) is 2.16. The highest BCUT2D eigenvalue weighted by Crippen LogP contribution is 2.25. The highest BCUT2D eigenvalue weighted by Gasteiger charge is 2.41. The van der Waals surface area contributed by atoms with Crippen molar-refractivity contribution < 1.29 is 22.7 Å². The number of carbonyl (C=O) groups excluding carboxylic acids is 1. The van der Waals surface area contributed by atoms with E-state index in [1.165, 1.54) is 0 Å². The summed E-state index contributed by atoms with van der Waals surface area (Å²) >= 11 is 0. The minimum absolute atomic E-state index is 0.414. The van der Waals surface area contributed by atoms with Crippen LogP contribution < -0.4 is 0 Å². The summed E-state index contributed by atoms with van der Waals surface area (Å²) in [6.07, 6.45) is -5.93. The van der Waals surface area contributed by atoms with Crippen LogP contribution in [0.5, 0.6) is 0 Å². The lowest BCUT2D eigenvalue weighted by Crippen LogP contribution is -2.32. The maximum Gasteiger partial charge on any atom is 0.425 e. The lowest BCUT2D eigenvalue weighted by atomic mass is 10.2. The van der Waals surface area contributed by atoms with E-state index in [-0.39, 0.29) is 0 Å². The number of halogens is 3. The van der Waals surface area contributed by atoms with Gasteiger partial charge in [0.1, 0.15) is 0 Å². The van der Waals surface area contributed by atoms with Crippen molar-refractivity contribution in [1.82, 2.24) is 0 Å². The summed E-state index contributed by atoms with van der Waals surface area (Å²) in [5, 5.41) is 0. The van der Waals surface area contributed by atoms with Crippen LogP contribution in [0.1, 0.15) is 13.3 Å². The Labute approximate surface area is 68.0 Å². The molecule has 0 aliphatic rings. The number of hydrogen-bond acceptors (Lipinski definition) is 2. The van der Waals surface area contributed by atoms with E-state index in [4.69, 9.17) is 0 Å². The van der Waals surface area contributed by atoms with E-state index in [1.807, 2.05) is 0 Å². The molecule has 0 aliphatic heterocycles. The smallest absolute Gasteiger partial charge is 0.425 e. The largest absolute Gasteiger partial charge is 0.453 e. The summed E-state index contributed by atoms with van der Waals surface area (Å²) in [4.78, 5) is 10.2. The second kappa shape index (κ2) is 4.13. The van der Waals surface area contributed by atoms with Crippen molar-refractivity contribution in [2.24, 2.45) is 0 Å². The Morgan fingerprint density at radius 1 is 1.67 bits per heavy atom. The molecule has 0 spiro atoms. The minimum Gasteiger partial charge on any atom is -0.453 e. The zero-order valence-electron chi connectivity index (χ0n) is 6.52. The summed E-state index contributed by atoms with van der Waals surface area (Å²) in [5.74, 6) is -0.945. The van der Waals surface area contributed by atoms with Gasteiger partial charge in [-0.1, -0.05) is 6.08 Å². The first-order valence-corrected chi connectivity index (χ1v) is 3.22. The normalized spacial score (nSPS) is 13.7. The molecule has 0 radical (unpaired) electrons. The van der Waals surface area contributed by atoms with Crippen LogP contribution in [0.3, 0.4) is 0 Å². The second-order valence-electron chi connectivity index (χ2n) is 2.16. The van der Waals surface area contributed by atoms with E-state index >= 15 is 0 Å². The average Bonchev–Trinajstić information content (AvgIpc) is 1.83. The SMILES string of the molecule is C=CCC(OC(C)=O)C(F)(F)F. The van der Waals surface area contributed by atoms with Gasteiger partial charge in [0.05, 0.1) is 0 Å². The molecule has 0 fully saturated rings. The molecule has 0 heterocycles. The molecule has 1 unspecified atom stereocenters. The van der Waals surface area contributed by atoms with Crippen molar-refractivity contribution in [1.29, 1.82) is 0 Å². The Morgan fingerprint density at radius 2 is 2.17 bits per heavy atom. The van der Waals surface area contributed by atoms with Crippen molar-refractivity contribution in [2.45, 2.75) is 25.6 Å². The molecule has 0 aromatic carbocycles. The zero-order valence-corrected chi connectivity index (χ0v) is 6.52. The standard InChI is InChI=1S/C7H9F3O2/c1-3-4-6(7(8,9)10)12-5(2)11/h3,6H,1,4H2,2H3. The number of rotatable bonds is 3. The molecule has 2 nitrogen and oxygen atoms in total. The zero-order chi connectivity index (χ0) is 9.78. The number of esters is 1. The number of alkyl halides is 3. The van der Waals surface area contributed by atoms with Crippen LogP contribution in [0.4, 0.5) is 13.2 Å². The Hall–Kier alpha value is -1.00. The monoisotopic (exact) mass is 182 g/mol. The number of carbonyl (C=O) groups is 1. The third-order valence-electron chi connectivity index (χ3n) is 1.05. The summed E-state index contributed by atoms with van der Waals surface area (Å²) in [6, 6.07) is 0. The van der Waals surface area contributed by atoms with Gasteiger partial charge in [-0.2, -0.15) is 13.2 Å². The molecule has 0 saturated carbocycles. The van der Waals surface area contributed by atoms with Crippen molar-refractivity contribution in [2.75, 3.05) is 0 Å². The molecule has 12 heavy (non-hydrogen) atoms. The quantitative estimate of drug-likeness (QED) is 0.493. The van der Waals surface area contributed by atoms with Crippen LogP contribution in [0.2, 0.25) is 0 Å². The van der Waals surface area contributed by atoms with Gasteiger partial charge in [0.15, 0.2) is 0 Å². The topological polar surface area (TPSA) is 26.3 Å². The Morgan fingerprint density at radius 3 is 2.42 bits per heavy atom. The maximum absolute atomic E-state index is 11.9. The fourth-order valence-corrected chi connectivity index (χ4v) is 0.600. The highest BCUT2D eigenvalue weighted by molar-refractivity contribution is 5.66. The van der Waals surface area contributed by atoms with Crippen LogP contribution in [-0.2, 0) is 9.53 Å². The number of ether oxygens (including phenoxy) is 1. The third-order valence-corrected chi connectivity index (χ3v) is 1.05. The van der Waals surface area contributed by atoms with Gasteiger partial charge in [-0.05, 0) is 0 Å². The molecule has 5 heteroatoms. The van der Waals surface area contributed by atoms with Crippen molar-refractivity contribution >= 4 is 5.97 Å². The lowest BCUT2D eigenvalue weighted by Gasteiger charge is -2.17. The molecule has 0 aromatic heterocycles. The fraction of sp³-hybridized carbons (Fsp3) is 0.571.